The van der Waals surface area contributed by atoms with Gasteiger partial charge < -0.3 is 15.0 Å². The SMILES string of the molecule is CCCNCc1ncc(-c2ccccc2OC)[nH]1. The first-order valence-electron chi connectivity index (χ1n) is 6.23. The summed E-state index contributed by atoms with van der Waals surface area (Å²) in [6.07, 6.45) is 2.97. The third-order valence-corrected chi connectivity index (χ3v) is 2.74. The zero-order valence-electron chi connectivity index (χ0n) is 10.9. The van der Waals surface area contributed by atoms with Crippen LogP contribution >= 0.6 is 0 Å². The zero-order chi connectivity index (χ0) is 12.8. The third-order valence-electron chi connectivity index (χ3n) is 2.74. The van der Waals surface area contributed by atoms with Crippen LogP contribution in [0.15, 0.2) is 30.5 Å². The highest BCUT2D eigenvalue weighted by Crippen LogP contribution is 2.27. The predicted molar refractivity (Wildman–Crippen MR) is 72.6 cm³/mol. The monoisotopic (exact) mass is 245 g/mol. The number of nitrogens with zero attached hydrogens (tertiary/aromatic N) is 1. The van der Waals surface area contributed by atoms with Crippen LogP contribution in [0, 0.1) is 0 Å². The topological polar surface area (TPSA) is 49.9 Å². The molecule has 0 fully saturated rings. The maximum absolute atomic E-state index is 5.34. The van der Waals surface area contributed by atoms with Gasteiger partial charge in [-0.25, -0.2) is 4.98 Å². The van der Waals surface area contributed by atoms with Crippen LogP contribution in [0.2, 0.25) is 0 Å². The molecule has 2 aromatic rings. The van der Waals surface area contributed by atoms with E-state index in [4.69, 9.17) is 4.74 Å². The summed E-state index contributed by atoms with van der Waals surface area (Å²) in [4.78, 5) is 7.68. The molecule has 0 aliphatic rings. The number of para-hydroxylation sites is 1. The molecule has 0 aliphatic carbocycles. The number of hydrogen-bond donors (Lipinski definition) is 2. The van der Waals surface area contributed by atoms with Crippen LogP contribution in [0.1, 0.15) is 19.2 Å². The van der Waals surface area contributed by atoms with Gasteiger partial charge in [-0.1, -0.05) is 19.1 Å². The number of hydrogen-bond acceptors (Lipinski definition) is 3. The molecule has 18 heavy (non-hydrogen) atoms. The summed E-state index contributed by atoms with van der Waals surface area (Å²) in [5.74, 6) is 1.80. The number of benzene rings is 1. The van der Waals surface area contributed by atoms with Crippen LogP contribution in [-0.2, 0) is 6.54 Å². The van der Waals surface area contributed by atoms with Crippen LogP contribution in [-0.4, -0.2) is 23.6 Å². The average molecular weight is 245 g/mol. The molecular weight excluding hydrogens is 226 g/mol. The Balaban J connectivity index is 2.13. The molecule has 4 nitrogen and oxygen atoms in total. The summed E-state index contributed by atoms with van der Waals surface area (Å²) < 4.78 is 5.34. The minimum Gasteiger partial charge on any atom is -0.496 e. The van der Waals surface area contributed by atoms with Crippen molar-refractivity contribution in [1.29, 1.82) is 0 Å². The lowest BCUT2D eigenvalue weighted by atomic mass is 10.1. The maximum atomic E-state index is 5.34. The Morgan fingerprint density at radius 1 is 1.33 bits per heavy atom. The normalized spacial score (nSPS) is 10.6. The molecule has 0 saturated carbocycles. The van der Waals surface area contributed by atoms with Gasteiger partial charge in [0.05, 0.1) is 25.5 Å². The summed E-state index contributed by atoms with van der Waals surface area (Å²) >= 11 is 0. The Morgan fingerprint density at radius 3 is 2.94 bits per heavy atom. The van der Waals surface area contributed by atoms with Crippen molar-refractivity contribution in [2.24, 2.45) is 0 Å². The number of nitrogens with one attached hydrogen (secondary N) is 2. The molecule has 1 aromatic heterocycles. The van der Waals surface area contributed by atoms with E-state index in [0.29, 0.717) is 0 Å². The lowest BCUT2D eigenvalue weighted by molar-refractivity contribution is 0.416. The minimum atomic E-state index is 0.767. The van der Waals surface area contributed by atoms with Crippen molar-refractivity contribution >= 4 is 0 Å². The van der Waals surface area contributed by atoms with E-state index in [1.807, 2.05) is 30.5 Å². The van der Waals surface area contributed by atoms with E-state index < -0.39 is 0 Å². The second kappa shape index (κ2) is 6.21. The highest BCUT2D eigenvalue weighted by atomic mass is 16.5. The summed E-state index contributed by atoms with van der Waals surface area (Å²) in [6, 6.07) is 7.93. The molecule has 2 rings (SSSR count). The van der Waals surface area contributed by atoms with Crippen molar-refractivity contribution in [3.63, 3.8) is 0 Å². The fourth-order valence-electron chi connectivity index (χ4n) is 1.84. The van der Waals surface area contributed by atoms with Gasteiger partial charge in [-0.15, -0.1) is 0 Å². The minimum absolute atomic E-state index is 0.767. The fourth-order valence-corrected chi connectivity index (χ4v) is 1.84. The molecule has 0 radical (unpaired) electrons. The van der Waals surface area contributed by atoms with Gasteiger partial charge in [0.25, 0.3) is 0 Å². The summed E-state index contributed by atoms with van der Waals surface area (Å²) in [5.41, 5.74) is 2.02. The first-order valence-corrected chi connectivity index (χ1v) is 6.23. The van der Waals surface area contributed by atoms with Gasteiger partial charge in [-0.3, -0.25) is 0 Å². The van der Waals surface area contributed by atoms with Crippen molar-refractivity contribution in [3.8, 4) is 17.0 Å². The number of aromatic nitrogens is 2. The number of ether oxygens (including phenoxy) is 1. The third kappa shape index (κ3) is 2.90. The number of methoxy groups -OCH3 is 1. The fraction of sp³-hybridized carbons (Fsp3) is 0.357. The molecule has 0 spiro atoms. The number of H-pyrrole nitrogens is 1. The Hall–Kier alpha value is -1.81. The Kier molecular flexibility index (Phi) is 4.36. The van der Waals surface area contributed by atoms with Crippen molar-refractivity contribution < 1.29 is 4.74 Å². The van der Waals surface area contributed by atoms with Crippen LogP contribution in [0.4, 0.5) is 0 Å². The highest BCUT2D eigenvalue weighted by molar-refractivity contribution is 5.66. The molecule has 0 aliphatic heterocycles. The van der Waals surface area contributed by atoms with Crippen LogP contribution in [0.3, 0.4) is 0 Å². The Bertz CT molecular complexity index is 493. The lowest BCUT2D eigenvalue weighted by Gasteiger charge is -2.05. The second-order valence-corrected chi connectivity index (χ2v) is 4.12. The van der Waals surface area contributed by atoms with Gasteiger partial charge in [0.1, 0.15) is 11.6 Å². The summed E-state index contributed by atoms with van der Waals surface area (Å²) in [5, 5.41) is 3.32. The first kappa shape index (κ1) is 12.6. The van der Waals surface area contributed by atoms with Crippen molar-refractivity contribution in [3.05, 3.63) is 36.3 Å². The molecule has 1 aromatic carbocycles. The van der Waals surface area contributed by atoms with Gasteiger partial charge in [0, 0.05) is 5.56 Å². The molecule has 0 unspecified atom stereocenters. The van der Waals surface area contributed by atoms with E-state index in [1.165, 1.54) is 0 Å². The lowest BCUT2D eigenvalue weighted by Crippen LogP contribution is -2.14. The number of imidazole rings is 1. The van der Waals surface area contributed by atoms with Gasteiger partial charge in [0.15, 0.2) is 0 Å². The maximum Gasteiger partial charge on any atom is 0.128 e. The standard InChI is InChI=1S/C14H19N3O/c1-3-8-15-10-14-16-9-12(17-14)11-6-4-5-7-13(11)18-2/h4-7,9,15H,3,8,10H2,1-2H3,(H,16,17). The molecule has 2 N–H and O–H groups in total. The first-order chi connectivity index (χ1) is 8.85. The molecular formula is C14H19N3O. The molecule has 0 atom stereocenters. The Morgan fingerprint density at radius 2 is 2.17 bits per heavy atom. The molecule has 96 valence electrons. The highest BCUT2D eigenvalue weighted by Gasteiger charge is 2.07. The van der Waals surface area contributed by atoms with Crippen LogP contribution < -0.4 is 10.1 Å². The van der Waals surface area contributed by atoms with E-state index in [1.54, 1.807) is 7.11 Å². The number of rotatable bonds is 6. The zero-order valence-corrected chi connectivity index (χ0v) is 10.9. The molecule has 0 amide bonds. The van der Waals surface area contributed by atoms with E-state index >= 15 is 0 Å². The van der Waals surface area contributed by atoms with E-state index in [0.717, 1.165) is 42.3 Å². The predicted octanol–water partition coefficient (Wildman–Crippen LogP) is 2.58. The van der Waals surface area contributed by atoms with Crippen LogP contribution in [0.25, 0.3) is 11.3 Å². The molecule has 1 heterocycles. The van der Waals surface area contributed by atoms with Crippen molar-refractivity contribution in [1.82, 2.24) is 15.3 Å². The molecule has 4 heteroatoms. The summed E-state index contributed by atoms with van der Waals surface area (Å²) in [6.45, 7) is 3.92. The van der Waals surface area contributed by atoms with Crippen molar-refractivity contribution in [2.45, 2.75) is 19.9 Å². The quantitative estimate of drug-likeness (QED) is 0.769. The second-order valence-electron chi connectivity index (χ2n) is 4.12. The van der Waals surface area contributed by atoms with Gasteiger partial charge in [-0.2, -0.15) is 0 Å². The smallest absolute Gasteiger partial charge is 0.128 e. The van der Waals surface area contributed by atoms with Crippen molar-refractivity contribution in [2.75, 3.05) is 13.7 Å². The molecule has 0 bridgehead atoms. The van der Waals surface area contributed by atoms with Gasteiger partial charge in [-0.05, 0) is 25.1 Å². The number of aromatic amines is 1. The van der Waals surface area contributed by atoms with E-state index in [-0.39, 0.29) is 0 Å². The van der Waals surface area contributed by atoms with Gasteiger partial charge >= 0.3 is 0 Å². The average Bonchev–Trinajstić information content (AvgIpc) is 2.88. The largest absolute Gasteiger partial charge is 0.496 e. The van der Waals surface area contributed by atoms with Crippen LogP contribution in [0.5, 0.6) is 5.75 Å². The van der Waals surface area contributed by atoms with E-state index in [9.17, 15) is 0 Å². The van der Waals surface area contributed by atoms with Gasteiger partial charge in [0.2, 0.25) is 0 Å². The van der Waals surface area contributed by atoms with E-state index in [2.05, 4.69) is 22.2 Å². The summed E-state index contributed by atoms with van der Waals surface area (Å²) in [7, 11) is 1.68. The Labute approximate surface area is 107 Å². The molecule has 0 saturated heterocycles.